The van der Waals surface area contributed by atoms with Crippen molar-refractivity contribution in [1.82, 2.24) is 9.88 Å². The number of alkyl halides is 3. The summed E-state index contributed by atoms with van der Waals surface area (Å²) in [6, 6.07) is 7.56. The number of halogens is 4. The number of nitrogens with one attached hydrogen (secondary N) is 1. The van der Waals surface area contributed by atoms with Gasteiger partial charge in [0.1, 0.15) is 12.4 Å². The maximum absolute atomic E-state index is 13.7. The van der Waals surface area contributed by atoms with Gasteiger partial charge in [-0.15, -0.1) is 0 Å². The minimum Gasteiger partial charge on any atom is -0.381 e. The molecule has 1 amide bonds. The Hall–Kier alpha value is -2.68. The van der Waals surface area contributed by atoms with Gasteiger partial charge in [0.05, 0.1) is 5.56 Å². The standard InChI is InChI=1S/C20H20F4N2O3/c21-16-3-1-2-14(10-16)19(6-8-29-9-7-19)13-25-17(27)12-26-11-15(20(22,23)24)4-5-18(26)28/h1-5,10-11H,6-9,12-13H2,(H,25,27). The summed E-state index contributed by atoms with van der Waals surface area (Å²) in [7, 11) is 0. The second kappa shape index (κ2) is 8.36. The summed E-state index contributed by atoms with van der Waals surface area (Å²) in [5.74, 6) is -0.996. The van der Waals surface area contributed by atoms with Crippen LogP contribution in [-0.2, 0) is 27.7 Å². The lowest BCUT2D eigenvalue weighted by Crippen LogP contribution is -2.45. The highest BCUT2D eigenvalue weighted by atomic mass is 19.4. The molecular weight excluding hydrogens is 392 g/mol. The van der Waals surface area contributed by atoms with E-state index in [4.69, 9.17) is 4.74 Å². The number of carbonyl (C=O) groups is 1. The molecule has 0 atom stereocenters. The van der Waals surface area contributed by atoms with E-state index in [1.165, 1.54) is 12.1 Å². The van der Waals surface area contributed by atoms with Crippen LogP contribution < -0.4 is 10.9 Å². The molecule has 1 saturated heterocycles. The number of hydrogen-bond donors (Lipinski definition) is 1. The van der Waals surface area contributed by atoms with Gasteiger partial charge >= 0.3 is 6.18 Å². The normalized spacial score (nSPS) is 16.4. The van der Waals surface area contributed by atoms with Crippen LogP contribution in [0.1, 0.15) is 24.0 Å². The lowest BCUT2D eigenvalue weighted by Gasteiger charge is -2.38. The molecular formula is C20H20F4N2O3. The average Bonchev–Trinajstić information content (AvgIpc) is 2.68. The third-order valence-corrected chi connectivity index (χ3v) is 5.14. The average molecular weight is 412 g/mol. The third-order valence-electron chi connectivity index (χ3n) is 5.14. The molecule has 3 rings (SSSR count). The van der Waals surface area contributed by atoms with Gasteiger partial charge in [-0.2, -0.15) is 13.2 Å². The van der Waals surface area contributed by atoms with Crippen LogP contribution in [0.5, 0.6) is 0 Å². The fourth-order valence-corrected chi connectivity index (χ4v) is 3.45. The zero-order valence-corrected chi connectivity index (χ0v) is 15.5. The molecule has 1 fully saturated rings. The first kappa shape index (κ1) is 21.0. The van der Waals surface area contributed by atoms with Crippen molar-refractivity contribution in [3.63, 3.8) is 0 Å². The molecule has 0 spiro atoms. The molecule has 1 aliphatic rings. The zero-order valence-electron chi connectivity index (χ0n) is 15.5. The molecule has 2 aromatic rings. The first-order chi connectivity index (χ1) is 13.7. The van der Waals surface area contributed by atoms with Gasteiger partial charge in [-0.25, -0.2) is 4.39 Å². The van der Waals surface area contributed by atoms with E-state index in [-0.39, 0.29) is 6.54 Å². The van der Waals surface area contributed by atoms with Crippen molar-refractivity contribution >= 4 is 5.91 Å². The predicted octanol–water partition coefficient (Wildman–Crippen LogP) is 2.87. The molecule has 0 bridgehead atoms. The van der Waals surface area contributed by atoms with Gasteiger partial charge in [0.25, 0.3) is 5.56 Å². The minimum absolute atomic E-state index is 0.159. The first-order valence-electron chi connectivity index (χ1n) is 9.08. The number of carbonyl (C=O) groups excluding carboxylic acids is 1. The first-order valence-corrected chi connectivity index (χ1v) is 9.08. The van der Waals surface area contributed by atoms with Gasteiger partial charge in [0, 0.05) is 37.4 Å². The highest BCUT2D eigenvalue weighted by molar-refractivity contribution is 5.75. The summed E-state index contributed by atoms with van der Waals surface area (Å²) >= 11 is 0. The number of rotatable bonds is 5. The molecule has 9 heteroatoms. The topological polar surface area (TPSA) is 60.3 Å². The van der Waals surface area contributed by atoms with E-state index in [1.54, 1.807) is 12.1 Å². The second-order valence-corrected chi connectivity index (χ2v) is 7.06. The van der Waals surface area contributed by atoms with Crippen molar-refractivity contribution < 1.29 is 27.1 Å². The van der Waals surface area contributed by atoms with Crippen molar-refractivity contribution in [2.24, 2.45) is 0 Å². The highest BCUT2D eigenvalue weighted by Crippen LogP contribution is 2.34. The molecule has 0 unspecified atom stereocenters. The van der Waals surface area contributed by atoms with Crippen LogP contribution in [0.3, 0.4) is 0 Å². The van der Waals surface area contributed by atoms with Crippen LogP contribution in [-0.4, -0.2) is 30.2 Å². The Morgan fingerprint density at radius 1 is 1.17 bits per heavy atom. The highest BCUT2D eigenvalue weighted by Gasteiger charge is 2.35. The van der Waals surface area contributed by atoms with Gasteiger partial charge in [-0.3, -0.25) is 9.59 Å². The van der Waals surface area contributed by atoms with Crippen molar-refractivity contribution in [3.05, 3.63) is 69.9 Å². The number of hydrogen-bond acceptors (Lipinski definition) is 3. The lowest BCUT2D eigenvalue weighted by molar-refractivity contribution is -0.138. The van der Waals surface area contributed by atoms with Crippen molar-refractivity contribution in [2.75, 3.05) is 19.8 Å². The number of benzene rings is 1. The largest absolute Gasteiger partial charge is 0.417 e. The van der Waals surface area contributed by atoms with Gasteiger partial charge in [0.15, 0.2) is 0 Å². The Morgan fingerprint density at radius 3 is 2.55 bits per heavy atom. The Kier molecular flexibility index (Phi) is 6.07. The van der Waals surface area contributed by atoms with Gasteiger partial charge in [-0.05, 0) is 36.6 Å². The van der Waals surface area contributed by atoms with E-state index in [0.717, 1.165) is 16.2 Å². The second-order valence-electron chi connectivity index (χ2n) is 7.06. The summed E-state index contributed by atoms with van der Waals surface area (Å²) in [6.07, 6.45) is -2.88. The maximum Gasteiger partial charge on any atom is 0.417 e. The molecule has 1 aliphatic heterocycles. The van der Waals surface area contributed by atoms with E-state index in [2.05, 4.69) is 5.32 Å². The van der Waals surface area contributed by atoms with E-state index in [1.807, 2.05) is 0 Å². The van der Waals surface area contributed by atoms with Crippen LogP contribution in [0, 0.1) is 5.82 Å². The van der Waals surface area contributed by atoms with Gasteiger partial charge in [0.2, 0.25) is 5.91 Å². The molecule has 0 saturated carbocycles. The third kappa shape index (κ3) is 5.03. The molecule has 29 heavy (non-hydrogen) atoms. The lowest BCUT2D eigenvalue weighted by atomic mass is 9.74. The van der Waals surface area contributed by atoms with E-state index in [0.29, 0.717) is 38.3 Å². The van der Waals surface area contributed by atoms with Crippen LogP contribution in [0.15, 0.2) is 47.4 Å². The summed E-state index contributed by atoms with van der Waals surface area (Å²) in [5.41, 5.74) is -1.55. The Bertz CT molecular complexity index is 934. The number of ether oxygens (including phenoxy) is 1. The van der Waals surface area contributed by atoms with Crippen LogP contribution in [0.25, 0.3) is 0 Å². The zero-order chi connectivity index (χ0) is 21.1. The number of pyridine rings is 1. The molecule has 156 valence electrons. The fraction of sp³-hybridized carbons (Fsp3) is 0.400. The van der Waals surface area contributed by atoms with Crippen LogP contribution in [0.4, 0.5) is 17.6 Å². The maximum atomic E-state index is 13.7. The smallest absolute Gasteiger partial charge is 0.381 e. The Balaban J connectivity index is 1.74. The Labute approximate surface area is 164 Å². The summed E-state index contributed by atoms with van der Waals surface area (Å²) in [4.78, 5) is 24.2. The monoisotopic (exact) mass is 412 g/mol. The molecule has 1 aromatic carbocycles. The molecule has 0 aliphatic carbocycles. The quantitative estimate of drug-likeness (QED) is 0.769. The van der Waals surface area contributed by atoms with Crippen molar-refractivity contribution in [3.8, 4) is 0 Å². The van der Waals surface area contributed by atoms with Crippen molar-refractivity contribution in [2.45, 2.75) is 31.0 Å². The number of nitrogens with zero attached hydrogens (tertiary/aromatic N) is 1. The van der Waals surface area contributed by atoms with E-state index < -0.39 is 41.0 Å². The van der Waals surface area contributed by atoms with E-state index in [9.17, 15) is 27.2 Å². The van der Waals surface area contributed by atoms with Gasteiger partial charge < -0.3 is 14.6 Å². The van der Waals surface area contributed by atoms with Crippen molar-refractivity contribution in [1.29, 1.82) is 0 Å². The SMILES string of the molecule is O=C(Cn1cc(C(F)(F)F)ccc1=O)NCC1(c2cccc(F)c2)CCOCC1. The van der Waals surface area contributed by atoms with Crippen LogP contribution in [0.2, 0.25) is 0 Å². The summed E-state index contributed by atoms with van der Waals surface area (Å²) in [5, 5.41) is 2.69. The summed E-state index contributed by atoms with van der Waals surface area (Å²) in [6.45, 7) is 0.504. The minimum atomic E-state index is -4.62. The predicted molar refractivity (Wildman–Crippen MR) is 96.8 cm³/mol. The molecule has 5 nitrogen and oxygen atoms in total. The van der Waals surface area contributed by atoms with E-state index >= 15 is 0 Å². The molecule has 1 N–H and O–H groups in total. The molecule has 2 heterocycles. The number of amides is 1. The van der Waals surface area contributed by atoms with Gasteiger partial charge in [-0.1, -0.05) is 12.1 Å². The molecule has 0 radical (unpaired) electrons. The fourth-order valence-electron chi connectivity index (χ4n) is 3.45. The Morgan fingerprint density at radius 2 is 1.90 bits per heavy atom. The van der Waals surface area contributed by atoms with Crippen LogP contribution >= 0.6 is 0 Å². The number of aromatic nitrogens is 1. The molecule has 1 aromatic heterocycles. The summed E-state index contributed by atoms with van der Waals surface area (Å²) < 4.78 is 58.3.